The number of esters is 1. The molecule has 4 nitrogen and oxygen atoms in total. The van der Waals surface area contributed by atoms with E-state index < -0.39 is 5.54 Å². The van der Waals surface area contributed by atoms with Gasteiger partial charge in [0.15, 0.2) is 0 Å². The molecule has 1 unspecified atom stereocenters. The van der Waals surface area contributed by atoms with Crippen molar-refractivity contribution in [3.05, 3.63) is 24.3 Å². The zero-order chi connectivity index (χ0) is 15.5. The van der Waals surface area contributed by atoms with Crippen molar-refractivity contribution in [2.24, 2.45) is 5.41 Å². The molecule has 2 rings (SSSR count). The van der Waals surface area contributed by atoms with Crippen LogP contribution < -0.4 is 10.1 Å². The SMILES string of the molecule is COC(=O)C1(Nc2ccccc2OC)CSCC(C)(C)C1. The zero-order valence-corrected chi connectivity index (χ0v) is 13.9. The number of benzene rings is 1. The first-order valence-corrected chi connectivity index (χ1v) is 8.15. The summed E-state index contributed by atoms with van der Waals surface area (Å²) in [6.07, 6.45) is 0.734. The molecule has 0 saturated carbocycles. The number of nitrogens with one attached hydrogen (secondary N) is 1. The van der Waals surface area contributed by atoms with Gasteiger partial charge in [0, 0.05) is 5.75 Å². The summed E-state index contributed by atoms with van der Waals surface area (Å²) in [7, 11) is 3.07. The van der Waals surface area contributed by atoms with Crippen LogP contribution in [0.2, 0.25) is 0 Å². The molecule has 1 N–H and O–H groups in total. The number of thioether (sulfide) groups is 1. The van der Waals surface area contributed by atoms with E-state index >= 15 is 0 Å². The number of methoxy groups -OCH3 is 2. The number of hydrogen-bond acceptors (Lipinski definition) is 5. The monoisotopic (exact) mass is 309 g/mol. The van der Waals surface area contributed by atoms with E-state index in [1.165, 1.54) is 7.11 Å². The molecule has 0 aromatic heterocycles. The highest BCUT2D eigenvalue weighted by Gasteiger charge is 2.47. The van der Waals surface area contributed by atoms with Crippen LogP contribution >= 0.6 is 11.8 Å². The average molecular weight is 309 g/mol. The predicted molar refractivity (Wildman–Crippen MR) is 87.1 cm³/mol. The summed E-state index contributed by atoms with van der Waals surface area (Å²) in [6.45, 7) is 4.36. The van der Waals surface area contributed by atoms with Crippen LogP contribution in [0.4, 0.5) is 5.69 Å². The van der Waals surface area contributed by atoms with Gasteiger partial charge >= 0.3 is 5.97 Å². The topological polar surface area (TPSA) is 47.6 Å². The Morgan fingerprint density at radius 1 is 1.24 bits per heavy atom. The molecule has 1 aliphatic heterocycles. The van der Waals surface area contributed by atoms with Gasteiger partial charge in [0.1, 0.15) is 11.3 Å². The fraction of sp³-hybridized carbons (Fsp3) is 0.562. The second-order valence-corrected chi connectivity index (χ2v) is 7.22. The molecule has 0 aliphatic carbocycles. The molecule has 1 aromatic rings. The highest BCUT2D eigenvalue weighted by Crippen LogP contribution is 2.42. The van der Waals surface area contributed by atoms with Gasteiger partial charge in [-0.3, -0.25) is 0 Å². The minimum absolute atomic E-state index is 0.0755. The van der Waals surface area contributed by atoms with Gasteiger partial charge in [-0.1, -0.05) is 26.0 Å². The maximum atomic E-state index is 12.4. The van der Waals surface area contributed by atoms with Crippen molar-refractivity contribution in [3.63, 3.8) is 0 Å². The lowest BCUT2D eigenvalue weighted by molar-refractivity contribution is -0.146. The Balaban J connectivity index is 2.35. The van der Waals surface area contributed by atoms with Gasteiger partial charge in [-0.15, -0.1) is 0 Å². The van der Waals surface area contributed by atoms with Crippen LogP contribution in [-0.2, 0) is 9.53 Å². The van der Waals surface area contributed by atoms with Crippen molar-refractivity contribution in [2.45, 2.75) is 25.8 Å². The Morgan fingerprint density at radius 3 is 2.57 bits per heavy atom. The lowest BCUT2D eigenvalue weighted by atomic mass is 9.79. The number of rotatable bonds is 4. The maximum absolute atomic E-state index is 12.4. The summed E-state index contributed by atoms with van der Waals surface area (Å²) in [6, 6.07) is 7.65. The van der Waals surface area contributed by atoms with E-state index in [1.54, 1.807) is 18.9 Å². The van der Waals surface area contributed by atoms with E-state index in [4.69, 9.17) is 9.47 Å². The first kappa shape index (κ1) is 16.0. The molecule has 1 saturated heterocycles. The summed E-state index contributed by atoms with van der Waals surface area (Å²) in [4.78, 5) is 12.4. The molecule has 1 aromatic carbocycles. The molecule has 1 fully saturated rings. The second-order valence-electron chi connectivity index (χ2n) is 6.23. The van der Waals surface area contributed by atoms with Gasteiger partial charge in [-0.25, -0.2) is 4.79 Å². The Bertz CT molecular complexity index is 518. The van der Waals surface area contributed by atoms with Crippen LogP contribution in [0.5, 0.6) is 5.75 Å². The van der Waals surface area contributed by atoms with E-state index in [9.17, 15) is 4.79 Å². The van der Waals surface area contributed by atoms with E-state index in [0.717, 1.165) is 23.6 Å². The summed E-state index contributed by atoms with van der Waals surface area (Å²) in [5.74, 6) is 2.25. The fourth-order valence-electron chi connectivity index (χ4n) is 2.88. The van der Waals surface area contributed by atoms with Crippen LogP contribution in [0.1, 0.15) is 20.3 Å². The quantitative estimate of drug-likeness (QED) is 0.866. The minimum Gasteiger partial charge on any atom is -0.495 e. The van der Waals surface area contributed by atoms with Crippen molar-refractivity contribution in [3.8, 4) is 5.75 Å². The number of carbonyl (C=O) groups is 1. The summed E-state index contributed by atoms with van der Waals surface area (Å²) in [5.41, 5.74) is 0.186. The lowest BCUT2D eigenvalue weighted by Crippen LogP contribution is -2.55. The molecule has 0 amide bonds. The minimum atomic E-state index is -0.713. The van der Waals surface area contributed by atoms with Crippen LogP contribution in [0.15, 0.2) is 24.3 Å². The van der Waals surface area contributed by atoms with Gasteiger partial charge < -0.3 is 14.8 Å². The molecule has 0 bridgehead atoms. The Kier molecular flexibility index (Phi) is 4.71. The van der Waals surface area contributed by atoms with Crippen molar-refractivity contribution >= 4 is 23.4 Å². The molecule has 116 valence electrons. The Hall–Kier alpha value is -1.36. The Labute approximate surface area is 130 Å². The van der Waals surface area contributed by atoms with Crippen molar-refractivity contribution in [2.75, 3.05) is 31.0 Å². The molecule has 0 radical (unpaired) electrons. The van der Waals surface area contributed by atoms with Crippen LogP contribution in [0.3, 0.4) is 0 Å². The molecule has 0 spiro atoms. The van der Waals surface area contributed by atoms with Gasteiger partial charge in [0.25, 0.3) is 0 Å². The number of anilines is 1. The molecule has 5 heteroatoms. The van der Waals surface area contributed by atoms with E-state index in [1.807, 2.05) is 24.3 Å². The van der Waals surface area contributed by atoms with Crippen molar-refractivity contribution in [1.82, 2.24) is 0 Å². The largest absolute Gasteiger partial charge is 0.495 e. The predicted octanol–water partition coefficient (Wildman–Crippen LogP) is 3.18. The molecular formula is C16H23NO3S. The Morgan fingerprint density at radius 2 is 1.95 bits per heavy atom. The summed E-state index contributed by atoms with van der Waals surface area (Å²) >= 11 is 1.78. The van der Waals surface area contributed by atoms with Crippen LogP contribution in [-0.4, -0.2) is 37.2 Å². The van der Waals surface area contributed by atoms with E-state index in [2.05, 4.69) is 19.2 Å². The number of ether oxygens (including phenoxy) is 2. The number of para-hydroxylation sites is 2. The third-order valence-electron chi connectivity index (χ3n) is 3.68. The lowest BCUT2D eigenvalue weighted by Gasteiger charge is -2.43. The normalized spacial score (nSPS) is 24.2. The molecule has 1 heterocycles. The highest BCUT2D eigenvalue weighted by molar-refractivity contribution is 7.99. The van der Waals surface area contributed by atoms with Gasteiger partial charge in [0.2, 0.25) is 0 Å². The molecule has 1 atom stereocenters. The zero-order valence-electron chi connectivity index (χ0n) is 13.1. The van der Waals surface area contributed by atoms with Crippen LogP contribution in [0, 0.1) is 5.41 Å². The summed E-state index contributed by atoms with van der Waals surface area (Å²) in [5, 5.41) is 3.40. The third-order valence-corrected chi connectivity index (χ3v) is 5.36. The van der Waals surface area contributed by atoms with E-state index in [0.29, 0.717) is 5.75 Å². The first-order valence-electron chi connectivity index (χ1n) is 7.00. The smallest absolute Gasteiger partial charge is 0.332 e. The fourth-order valence-corrected chi connectivity index (χ4v) is 4.28. The van der Waals surface area contributed by atoms with Gasteiger partial charge in [-0.2, -0.15) is 11.8 Å². The van der Waals surface area contributed by atoms with Gasteiger partial charge in [-0.05, 0) is 29.7 Å². The molecular weight excluding hydrogens is 286 g/mol. The van der Waals surface area contributed by atoms with Crippen molar-refractivity contribution < 1.29 is 14.3 Å². The highest BCUT2D eigenvalue weighted by atomic mass is 32.2. The maximum Gasteiger partial charge on any atom is 0.332 e. The second kappa shape index (κ2) is 6.18. The number of hydrogen-bond donors (Lipinski definition) is 1. The first-order chi connectivity index (χ1) is 9.92. The number of carbonyl (C=O) groups excluding carboxylic acids is 1. The molecule has 1 aliphatic rings. The van der Waals surface area contributed by atoms with Gasteiger partial charge in [0.05, 0.1) is 19.9 Å². The molecule has 21 heavy (non-hydrogen) atoms. The summed E-state index contributed by atoms with van der Waals surface area (Å²) < 4.78 is 10.5. The van der Waals surface area contributed by atoms with Crippen molar-refractivity contribution in [1.29, 1.82) is 0 Å². The third kappa shape index (κ3) is 3.46. The van der Waals surface area contributed by atoms with Crippen LogP contribution in [0.25, 0.3) is 0 Å². The standard InChI is InChI=1S/C16H23NO3S/c1-15(2)9-16(11-21-10-15,14(18)20-4)17-12-7-5-6-8-13(12)19-3/h5-8,17H,9-11H2,1-4H3. The average Bonchev–Trinajstić information content (AvgIpc) is 2.45. The van der Waals surface area contributed by atoms with E-state index in [-0.39, 0.29) is 11.4 Å².